The zero-order chi connectivity index (χ0) is 11.8. The van der Waals surface area contributed by atoms with Crippen molar-refractivity contribution in [3.8, 4) is 0 Å². The number of rotatable bonds is 2. The molecule has 2 rings (SSSR count). The molecule has 0 amide bonds. The smallest absolute Gasteiger partial charge is 0.0991 e. The minimum absolute atomic E-state index is 0.0101. The third-order valence-electron chi connectivity index (χ3n) is 3.56. The van der Waals surface area contributed by atoms with Gasteiger partial charge in [0, 0.05) is 5.56 Å². The van der Waals surface area contributed by atoms with Crippen LogP contribution in [-0.4, -0.2) is 0 Å². The van der Waals surface area contributed by atoms with E-state index in [0.717, 1.165) is 14.2 Å². The normalized spacial score (nSPS) is 22.0. The molecule has 0 spiro atoms. The minimum atomic E-state index is -0.0101. The highest BCUT2D eigenvalue weighted by atomic mass is 35.5. The molecule has 0 aromatic carbocycles. The third-order valence-corrected chi connectivity index (χ3v) is 5.84. The summed E-state index contributed by atoms with van der Waals surface area (Å²) in [6, 6.07) is 1.92. The summed E-state index contributed by atoms with van der Waals surface area (Å²) in [4.78, 5) is 0. The average Bonchev–Trinajstić information content (AvgIpc) is 2.58. The van der Waals surface area contributed by atoms with Crippen LogP contribution in [0.4, 0.5) is 0 Å². The van der Waals surface area contributed by atoms with Crippen LogP contribution in [0.3, 0.4) is 0 Å². The molecule has 0 bridgehead atoms. The molecule has 1 unspecified atom stereocenters. The van der Waals surface area contributed by atoms with E-state index in [-0.39, 0.29) is 10.8 Å². The SMILES string of the molecule is CC1(C(Cl)c2cc(Cl)sc2Cl)CCCCC1. The van der Waals surface area contributed by atoms with Gasteiger partial charge in [-0.25, -0.2) is 0 Å². The van der Waals surface area contributed by atoms with Gasteiger partial charge in [0.25, 0.3) is 0 Å². The molecule has 1 aliphatic rings. The van der Waals surface area contributed by atoms with Crippen LogP contribution >= 0.6 is 46.1 Å². The standard InChI is InChI=1S/C12H15Cl3S/c1-12(5-3-2-4-6-12)10(14)8-7-9(13)16-11(8)15/h7,10H,2-6H2,1H3. The lowest BCUT2D eigenvalue weighted by Crippen LogP contribution is -2.25. The van der Waals surface area contributed by atoms with Gasteiger partial charge >= 0.3 is 0 Å². The number of hydrogen-bond acceptors (Lipinski definition) is 1. The fraction of sp³-hybridized carbons (Fsp3) is 0.667. The van der Waals surface area contributed by atoms with E-state index in [1.807, 2.05) is 6.07 Å². The Balaban J connectivity index is 2.23. The second-order valence-corrected chi connectivity index (χ2v) is 7.58. The van der Waals surface area contributed by atoms with Crippen LogP contribution in [-0.2, 0) is 0 Å². The van der Waals surface area contributed by atoms with Gasteiger partial charge in [-0.05, 0) is 24.3 Å². The van der Waals surface area contributed by atoms with E-state index in [1.165, 1.54) is 43.4 Å². The Hall–Kier alpha value is 0.570. The van der Waals surface area contributed by atoms with Gasteiger partial charge in [0.05, 0.1) is 14.0 Å². The molecule has 1 heterocycles. The molecule has 0 nitrogen and oxygen atoms in total. The molecule has 90 valence electrons. The summed E-state index contributed by atoms with van der Waals surface area (Å²) in [5.41, 5.74) is 1.19. The van der Waals surface area contributed by atoms with Gasteiger partial charge in [-0.2, -0.15) is 0 Å². The van der Waals surface area contributed by atoms with Gasteiger partial charge in [-0.1, -0.05) is 49.4 Å². The third kappa shape index (κ3) is 2.53. The molecule has 4 heteroatoms. The Kier molecular flexibility index (Phi) is 4.11. The largest absolute Gasteiger partial charge is 0.117 e. The van der Waals surface area contributed by atoms with E-state index in [0.29, 0.717) is 0 Å². The van der Waals surface area contributed by atoms with Gasteiger partial charge < -0.3 is 0 Å². The molecule has 1 aromatic rings. The molecule has 1 aliphatic carbocycles. The van der Waals surface area contributed by atoms with E-state index in [4.69, 9.17) is 34.8 Å². The lowest BCUT2D eigenvalue weighted by molar-refractivity contribution is 0.207. The van der Waals surface area contributed by atoms with Crippen LogP contribution in [0.15, 0.2) is 6.07 Å². The Bertz CT molecular complexity index is 366. The van der Waals surface area contributed by atoms with Crippen molar-refractivity contribution in [1.82, 2.24) is 0 Å². The summed E-state index contributed by atoms with van der Waals surface area (Å²) in [6.07, 6.45) is 6.25. The van der Waals surface area contributed by atoms with Crippen molar-refractivity contribution >= 4 is 46.1 Å². The molecule has 16 heavy (non-hydrogen) atoms. The van der Waals surface area contributed by atoms with Crippen LogP contribution in [0.5, 0.6) is 0 Å². The van der Waals surface area contributed by atoms with Gasteiger partial charge in [-0.3, -0.25) is 0 Å². The quantitative estimate of drug-likeness (QED) is 0.561. The first-order valence-electron chi connectivity index (χ1n) is 5.62. The summed E-state index contributed by atoms with van der Waals surface area (Å²) in [5.74, 6) is 0. The van der Waals surface area contributed by atoms with Gasteiger partial charge in [0.1, 0.15) is 0 Å². The van der Waals surface area contributed by atoms with E-state index in [9.17, 15) is 0 Å². The first-order chi connectivity index (χ1) is 7.53. The van der Waals surface area contributed by atoms with Crippen molar-refractivity contribution in [1.29, 1.82) is 0 Å². The lowest BCUT2D eigenvalue weighted by atomic mass is 9.72. The molecule has 0 N–H and O–H groups in total. The molecule has 1 atom stereocenters. The number of alkyl halides is 1. The molecule has 0 saturated heterocycles. The van der Waals surface area contributed by atoms with Crippen LogP contribution < -0.4 is 0 Å². The second kappa shape index (κ2) is 5.06. The number of hydrogen-bond donors (Lipinski definition) is 0. The predicted molar refractivity (Wildman–Crippen MR) is 74.1 cm³/mol. The molecular formula is C12H15Cl3S. The molecule has 0 aliphatic heterocycles. The monoisotopic (exact) mass is 296 g/mol. The van der Waals surface area contributed by atoms with Crippen molar-refractivity contribution in [3.05, 3.63) is 20.3 Å². The lowest BCUT2D eigenvalue weighted by Gasteiger charge is -2.37. The fourth-order valence-corrected chi connectivity index (χ4v) is 4.56. The Morgan fingerprint density at radius 2 is 1.88 bits per heavy atom. The first kappa shape index (κ1) is 13.0. The van der Waals surface area contributed by atoms with E-state index in [1.54, 1.807) is 0 Å². The second-order valence-electron chi connectivity index (χ2n) is 4.86. The van der Waals surface area contributed by atoms with Crippen molar-refractivity contribution in [2.75, 3.05) is 0 Å². The zero-order valence-corrected chi connectivity index (χ0v) is 12.3. The Labute approximate surface area is 116 Å². The number of thiophene rings is 1. The van der Waals surface area contributed by atoms with Crippen LogP contribution in [0, 0.1) is 5.41 Å². The van der Waals surface area contributed by atoms with Crippen LogP contribution in [0.2, 0.25) is 8.67 Å². The minimum Gasteiger partial charge on any atom is -0.117 e. The molecule has 1 aromatic heterocycles. The van der Waals surface area contributed by atoms with E-state index in [2.05, 4.69) is 6.92 Å². The fourth-order valence-electron chi connectivity index (χ4n) is 2.51. The summed E-state index contributed by atoms with van der Waals surface area (Å²) in [6.45, 7) is 2.27. The first-order valence-corrected chi connectivity index (χ1v) is 7.63. The Morgan fingerprint density at radius 1 is 1.25 bits per heavy atom. The summed E-state index contributed by atoms with van der Waals surface area (Å²) in [7, 11) is 0. The van der Waals surface area contributed by atoms with Crippen molar-refractivity contribution in [3.63, 3.8) is 0 Å². The van der Waals surface area contributed by atoms with Gasteiger partial charge in [0.15, 0.2) is 0 Å². The van der Waals surface area contributed by atoms with Crippen LogP contribution in [0.25, 0.3) is 0 Å². The highest BCUT2D eigenvalue weighted by molar-refractivity contribution is 7.20. The Morgan fingerprint density at radius 3 is 2.38 bits per heavy atom. The number of halogens is 3. The van der Waals surface area contributed by atoms with Gasteiger partial charge in [0.2, 0.25) is 0 Å². The summed E-state index contributed by atoms with van der Waals surface area (Å²) >= 11 is 20.2. The maximum absolute atomic E-state index is 6.61. The zero-order valence-electron chi connectivity index (χ0n) is 9.23. The highest BCUT2D eigenvalue weighted by Crippen LogP contribution is 2.52. The predicted octanol–water partition coefficient (Wildman–Crippen LogP) is 6.31. The summed E-state index contributed by atoms with van der Waals surface area (Å²) in [5, 5.41) is -0.0101. The molecule has 1 fully saturated rings. The summed E-state index contributed by atoms with van der Waals surface area (Å²) < 4.78 is 1.47. The highest BCUT2D eigenvalue weighted by Gasteiger charge is 2.36. The van der Waals surface area contributed by atoms with Crippen molar-refractivity contribution in [2.24, 2.45) is 5.41 Å². The topological polar surface area (TPSA) is 0 Å². The van der Waals surface area contributed by atoms with Crippen molar-refractivity contribution < 1.29 is 0 Å². The maximum atomic E-state index is 6.61. The maximum Gasteiger partial charge on any atom is 0.0991 e. The van der Waals surface area contributed by atoms with Gasteiger partial charge in [-0.15, -0.1) is 22.9 Å². The van der Waals surface area contributed by atoms with Crippen molar-refractivity contribution in [2.45, 2.75) is 44.4 Å². The van der Waals surface area contributed by atoms with Crippen LogP contribution in [0.1, 0.15) is 50.0 Å². The van der Waals surface area contributed by atoms with E-state index >= 15 is 0 Å². The average molecular weight is 298 g/mol. The molecular weight excluding hydrogens is 283 g/mol. The van der Waals surface area contributed by atoms with E-state index < -0.39 is 0 Å². The molecule has 1 saturated carbocycles. The molecule has 0 radical (unpaired) electrons.